The van der Waals surface area contributed by atoms with E-state index in [1.807, 2.05) is 6.92 Å². The van der Waals surface area contributed by atoms with Crippen molar-refractivity contribution in [1.29, 1.82) is 0 Å². The minimum atomic E-state index is -1.27. The molecule has 0 aliphatic heterocycles. The van der Waals surface area contributed by atoms with Gasteiger partial charge in [0.1, 0.15) is 6.04 Å². The van der Waals surface area contributed by atoms with Gasteiger partial charge >= 0.3 is 13.1 Å². The summed E-state index contributed by atoms with van der Waals surface area (Å²) in [5, 5.41) is 26.2. The fraction of sp³-hybridized carbons (Fsp3) is 0.900. The van der Waals surface area contributed by atoms with Crippen LogP contribution < -0.4 is 11.5 Å². The van der Waals surface area contributed by atoms with E-state index >= 15 is 0 Å². The molecule has 0 aromatic carbocycles. The minimum absolute atomic E-state index is 0. The van der Waals surface area contributed by atoms with E-state index in [2.05, 4.69) is 0 Å². The second kappa shape index (κ2) is 13.0. The van der Waals surface area contributed by atoms with Gasteiger partial charge in [-0.2, -0.15) is 0 Å². The smallest absolute Gasteiger partial charge is 0.451 e. The highest BCUT2D eigenvalue weighted by molar-refractivity contribution is 6.40. The van der Waals surface area contributed by atoms with Gasteiger partial charge in [0.25, 0.3) is 0 Å². The Morgan fingerprint density at radius 1 is 1.21 bits per heavy atom. The van der Waals surface area contributed by atoms with Crippen molar-refractivity contribution >= 4 is 37.9 Å². The topological polar surface area (TPSA) is 130 Å². The van der Waals surface area contributed by atoms with Crippen LogP contribution in [-0.4, -0.2) is 40.8 Å². The maximum absolute atomic E-state index is 10.7. The molecule has 6 nitrogen and oxygen atoms in total. The van der Waals surface area contributed by atoms with Gasteiger partial charge in [0.15, 0.2) is 0 Å². The second-order valence-corrected chi connectivity index (χ2v) is 4.60. The SMILES string of the molecule is CC(CCB(O)O)CCC(CN)C(N)C(=O)O.Cl.Cl. The molecule has 9 heteroatoms. The highest BCUT2D eigenvalue weighted by Crippen LogP contribution is 2.18. The lowest BCUT2D eigenvalue weighted by atomic mass is 9.79. The van der Waals surface area contributed by atoms with E-state index in [1.165, 1.54) is 0 Å². The zero-order chi connectivity index (χ0) is 13.4. The van der Waals surface area contributed by atoms with Crippen molar-refractivity contribution in [3.05, 3.63) is 0 Å². The molecule has 0 fully saturated rings. The third kappa shape index (κ3) is 11.5. The molecule has 0 aromatic rings. The molecule has 0 radical (unpaired) electrons. The van der Waals surface area contributed by atoms with Gasteiger partial charge < -0.3 is 26.6 Å². The molecule has 0 aliphatic carbocycles. The number of hydrogen-bond donors (Lipinski definition) is 5. The number of rotatable bonds is 9. The first-order valence-electron chi connectivity index (χ1n) is 5.93. The third-order valence-corrected chi connectivity index (χ3v) is 3.04. The summed E-state index contributed by atoms with van der Waals surface area (Å²) >= 11 is 0. The first kappa shape index (κ1) is 24.0. The van der Waals surface area contributed by atoms with Gasteiger partial charge in [-0.1, -0.05) is 19.8 Å². The molecule has 3 atom stereocenters. The van der Waals surface area contributed by atoms with Crippen molar-refractivity contribution in [1.82, 2.24) is 0 Å². The van der Waals surface area contributed by atoms with Crippen LogP contribution in [0.15, 0.2) is 0 Å². The predicted octanol–water partition coefficient (Wildman–Crippen LogP) is 0.0960. The maximum Gasteiger partial charge on any atom is 0.451 e. The molecule has 0 aliphatic rings. The van der Waals surface area contributed by atoms with Gasteiger partial charge in [-0.3, -0.25) is 4.79 Å². The summed E-state index contributed by atoms with van der Waals surface area (Å²) in [5.74, 6) is -0.959. The van der Waals surface area contributed by atoms with Crippen LogP contribution in [0.25, 0.3) is 0 Å². The van der Waals surface area contributed by atoms with E-state index in [-0.39, 0.29) is 37.3 Å². The van der Waals surface area contributed by atoms with Crippen molar-refractivity contribution in [3.8, 4) is 0 Å². The number of nitrogens with two attached hydrogens (primary N) is 2. The molecule has 0 aromatic heterocycles. The van der Waals surface area contributed by atoms with Crippen LogP contribution in [0.1, 0.15) is 26.2 Å². The molecule has 0 amide bonds. The Bertz CT molecular complexity index is 238. The molecule has 0 bridgehead atoms. The second-order valence-electron chi connectivity index (χ2n) is 4.60. The Morgan fingerprint density at radius 2 is 1.74 bits per heavy atom. The number of halogens is 2. The quantitative estimate of drug-likeness (QED) is 0.383. The number of hydrogen-bond acceptors (Lipinski definition) is 5. The fourth-order valence-corrected chi connectivity index (χ4v) is 1.72. The Balaban J connectivity index is -0.00000128. The standard InChI is InChI=1S/C10H23BN2O4.2ClH/c1-7(4-5-11(16)17)2-3-8(6-12)9(13)10(14)15;;/h7-9,16-17H,2-6,12-13H2,1H3,(H,14,15);2*1H. The summed E-state index contributed by atoms with van der Waals surface area (Å²) < 4.78 is 0. The van der Waals surface area contributed by atoms with Gasteiger partial charge in [-0.15, -0.1) is 24.8 Å². The Kier molecular flexibility index (Phi) is 16.4. The normalized spacial score (nSPS) is 14.6. The first-order valence-corrected chi connectivity index (χ1v) is 5.93. The third-order valence-electron chi connectivity index (χ3n) is 3.04. The molecule has 19 heavy (non-hydrogen) atoms. The van der Waals surface area contributed by atoms with Gasteiger partial charge in [0.2, 0.25) is 0 Å². The monoisotopic (exact) mass is 318 g/mol. The molecular weight excluding hydrogens is 294 g/mol. The largest absolute Gasteiger partial charge is 0.480 e. The molecule has 0 saturated carbocycles. The lowest BCUT2D eigenvalue weighted by Crippen LogP contribution is -2.41. The highest BCUT2D eigenvalue weighted by atomic mass is 35.5. The number of carbonyl (C=O) groups is 1. The summed E-state index contributed by atoms with van der Waals surface area (Å²) in [6.45, 7) is 2.24. The van der Waals surface area contributed by atoms with E-state index in [9.17, 15) is 4.79 Å². The molecular formula is C10H25BCl2N2O4. The summed E-state index contributed by atoms with van der Waals surface area (Å²) in [6, 6.07) is -0.921. The number of carboxylic acids is 1. The maximum atomic E-state index is 10.7. The van der Waals surface area contributed by atoms with E-state index in [4.69, 9.17) is 26.6 Å². The zero-order valence-electron chi connectivity index (χ0n) is 11.1. The van der Waals surface area contributed by atoms with Crippen molar-refractivity contribution in [2.75, 3.05) is 6.54 Å². The Morgan fingerprint density at radius 3 is 2.11 bits per heavy atom. The van der Waals surface area contributed by atoms with Crippen LogP contribution in [0.4, 0.5) is 0 Å². The van der Waals surface area contributed by atoms with Crippen LogP contribution in [0.2, 0.25) is 6.32 Å². The van der Waals surface area contributed by atoms with Crippen molar-refractivity contribution < 1.29 is 19.9 Å². The van der Waals surface area contributed by atoms with Crippen LogP contribution in [-0.2, 0) is 4.79 Å². The average molecular weight is 319 g/mol. The summed E-state index contributed by atoms with van der Waals surface area (Å²) in [4.78, 5) is 10.7. The molecule has 7 N–H and O–H groups in total. The fourth-order valence-electron chi connectivity index (χ4n) is 1.72. The first-order chi connectivity index (χ1) is 7.88. The van der Waals surface area contributed by atoms with Crippen LogP contribution in [0, 0.1) is 11.8 Å². The molecule has 116 valence electrons. The molecule has 3 unspecified atom stereocenters. The minimum Gasteiger partial charge on any atom is -0.480 e. The summed E-state index contributed by atoms with van der Waals surface area (Å²) in [7, 11) is -1.27. The van der Waals surface area contributed by atoms with Crippen LogP contribution >= 0.6 is 24.8 Å². The highest BCUT2D eigenvalue weighted by Gasteiger charge is 2.23. The van der Waals surface area contributed by atoms with E-state index in [1.54, 1.807) is 0 Å². The van der Waals surface area contributed by atoms with E-state index in [0.29, 0.717) is 25.1 Å². The van der Waals surface area contributed by atoms with Crippen LogP contribution in [0.3, 0.4) is 0 Å². The lowest BCUT2D eigenvalue weighted by molar-refractivity contribution is -0.139. The van der Waals surface area contributed by atoms with Gasteiger partial charge in [-0.25, -0.2) is 0 Å². The average Bonchev–Trinajstić information content (AvgIpc) is 2.26. The van der Waals surface area contributed by atoms with Crippen LogP contribution in [0.5, 0.6) is 0 Å². The summed E-state index contributed by atoms with van der Waals surface area (Å²) in [5.41, 5.74) is 11.0. The van der Waals surface area contributed by atoms with E-state index in [0.717, 1.165) is 6.42 Å². The number of carboxylic acid groups (broad SMARTS) is 1. The van der Waals surface area contributed by atoms with Crippen molar-refractivity contribution in [3.63, 3.8) is 0 Å². The lowest BCUT2D eigenvalue weighted by Gasteiger charge is -2.20. The molecule has 0 spiro atoms. The van der Waals surface area contributed by atoms with Gasteiger partial charge in [0.05, 0.1) is 0 Å². The Labute approximate surface area is 126 Å². The van der Waals surface area contributed by atoms with Gasteiger partial charge in [-0.05, 0) is 31.1 Å². The molecule has 0 rings (SSSR count). The van der Waals surface area contributed by atoms with Crippen molar-refractivity contribution in [2.24, 2.45) is 23.3 Å². The Hall–Kier alpha value is -0.0451. The predicted molar refractivity (Wildman–Crippen MR) is 80.7 cm³/mol. The molecule has 0 heterocycles. The van der Waals surface area contributed by atoms with Crippen molar-refractivity contribution in [2.45, 2.75) is 38.5 Å². The number of aliphatic carboxylic acids is 1. The van der Waals surface area contributed by atoms with E-state index < -0.39 is 19.1 Å². The summed E-state index contributed by atoms with van der Waals surface area (Å²) in [6.07, 6.45) is 2.46. The molecule has 0 saturated heterocycles. The van der Waals surface area contributed by atoms with Gasteiger partial charge in [0, 0.05) is 0 Å². The zero-order valence-corrected chi connectivity index (χ0v) is 12.7.